The lowest BCUT2D eigenvalue weighted by atomic mass is 10.4. The molecule has 2 rings (SSSR count). The van der Waals surface area contributed by atoms with Crippen LogP contribution in [0, 0.1) is 0 Å². The first-order chi connectivity index (χ1) is 8.41. The van der Waals surface area contributed by atoms with Crippen LogP contribution in [0.1, 0.15) is 5.56 Å². The summed E-state index contributed by atoms with van der Waals surface area (Å²) < 4.78 is 38.2. The van der Waals surface area contributed by atoms with E-state index in [4.69, 9.17) is 11.6 Å². The van der Waals surface area contributed by atoms with Crippen molar-refractivity contribution in [1.29, 1.82) is 0 Å². The Morgan fingerprint density at radius 1 is 1.33 bits per heavy atom. The molecule has 0 unspecified atom stereocenters. The number of alkyl halides is 3. The summed E-state index contributed by atoms with van der Waals surface area (Å²) in [5.74, 6) is 0.310. The Kier molecular flexibility index (Phi) is 3.12. The molecule has 0 aliphatic carbocycles. The molecule has 5 nitrogen and oxygen atoms in total. The average molecular weight is 278 g/mol. The number of halogens is 4. The van der Waals surface area contributed by atoms with E-state index in [9.17, 15) is 13.2 Å². The molecule has 0 spiro atoms. The topological polar surface area (TPSA) is 55.6 Å². The molecule has 1 N–H and O–H groups in total. The lowest BCUT2D eigenvalue weighted by molar-refractivity contribution is -0.137. The number of hydrogen-bond acceptors (Lipinski definition) is 4. The van der Waals surface area contributed by atoms with Gasteiger partial charge in [0.1, 0.15) is 5.02 Å². The Labute approximate surface area is 105 Å². The van der Waals surface area contributed by atoms with E-state index in [1.54, 1.807) is 7.05 Å². The highest BCUT2D eigenvalue weighted by atomic mass is 35.5. The fourth-order valence-electron chi connectivity index (χ4n) is 1.22. The van der Waals surface area contributed by atoms with Gasteiger partial charge in [-0.25, -0.2) is 9.67 Å². The molecule has 0 bridgehead atoms. The summed E-state index contributed by atoms with van der Waals surface area (Å²) in [6.45, 7) is 0. The van der Waals surface area contributed by atoms with Crippen LogP contribution in [0.25, 0.3) is 5.82 Å². The van der Waals surface area contributed by atoms with Crippen molar-refractivity contribution in [1.82, 2.24) is 19.7 Å². The highest BCUT2D eigenvalue weighted by Gasteiger charge is 2.32. The van der Waals surface area contributed by atoms with E-state index in [2.05, 4.69) is 20.4 Å². The third-order valence-electron chi connectivity index (χ3n) is 2.08. The summed E-state index contributed by atoms with van der Waals surface area (Å²) in [5, 5.41) is 6.34. The van der Waals surface area contributed by atoms with Gasteiger partial charge in [0.15, 0.2) is 5.82 Å². The van der Waals surface area contributed by atoms with E-state index >= 15 is 0 Å². The number of nitrogens with one attached hydrogen (secondary N) is 1. The van der Waals surface area contributed by atoms with Crippen molar-refractivity contribution in [2.24, 2.45) is 0 Å². The van der Waals surface area contributed by atoms with Crippen LogP contribution in [0.5, 0.6) is 0 Å². The molecule has 2 aromatic heterocycles. The normalized spacial score (nSPS) is 11.6. The first-order valence-corrected chi connectivity index (χ1v) is 5.12. The molecule has 0 fully saturated rings. The number of anilines is 1. The highest BCUT2D eigenvalue weighted by Crippen LogP contribution is 2.29. The van der Waals surface area contributed by atoms with Crippen LogP contribution in [0.3, 0.4) is 0 Å². The molecule has 96 valence electrons. The van der Waals surface area contributed by atoms with Gasteiger partial charge in [0.05, 0.1) is 18.0 Å². The van der Waals surface area contributed by atoms with Crippen LogP contribution >= 0.6 is 11.6 Å². The maximum atomic E-state index is 12.4. The van der Waals surface area contributed by atoms with Crippen molar-refractivity contribution in [3.63, 3.8) is 0 Å². The van der Waals surface area contributed by atoms with Crippen LogP contribution in [0.15, 0.2) is 18.6 Å². The van der Waals surface area contributed by atoms with Crippen molar-refractivity contribution in [2.45, 2.75) is 6.18 Å². The van der Waals surface area contributed by atoms with E-state index < -0.39 is 11.7 Å². The third kappa shape index (κ3) is 2.37. The van der Waals surface area contributed by atoms with E-state index in [0.717, 1.165) is 10.9 Å². The van der Waals surface area contributed by atoms with Gasteiger partial charge in [-0.1, -0.05) is 11.6 Å². The molecule has 0 atom stereocenters. The van der Waals surface area contributed by atoms with Crippen LogP contribution in [0.4, 0.5) is 19.1 Å². The Morgan fingerprint density at radius 3 is 2.61 bits per heavy atom. The van der Waals surface area contributed by atoms with Gasteiger partial charge in [0, 0.05) is 13.2 Å². The Bertz CT molecular complexity index is 566. The minimum Gasteiger partial charge on any atom is -0.357 e. The molecule has 0 aliphatic heterocycles. The first-order valence-electron chi connectivity index (χ1n) is 4.74. The largest absolute Gasteiger partial charge is 0.419 e. The zero-order valence-corrected chi connectivity index (χ0v) is 9.79. The van der Waals surface area contributed by atoms with Gasteiger partial charge in [0.25, 0.3) is 0 Å². The molecular formula is C9H7ClF3N5. The smallest absolute Gasteiger partial charge is 0.357 e. The summed E-state index contributed by atoms with van der Waals surface area (Å²) in [7, 11) is 1.58. The zero-order valence-electron chi connectivity index (χ0n) is 9.03. The van der Waals surface area contributed by atoms with Crippen molar-refractivity contribution in [3.8, 4) is 5.82 Å². The summed E-state index contributed by atoms with van der Waals surface area (Å²) >= 11 is 5.82. The van der Waals surface area contributed by atoms with Gasteiger partial charge >= 0.3 is 6.18 Å². The molecule has 0 aliphatic rings. The summed E-state index contributed by atoms with van der Waals surface area (Å²) in [4.78, 5) is 7.76. The predicted octanol–water partition coefficient (Wildman–Crippen LogP) is 2.38. The number of rotatable bonds is 2. The maximum Gasteiger partial charge on any atom is 0.419 e. The average Bonchev–Trinajstić information content (AvgIpc) is 2.78. The standard InChI is InChI=1S/C9H7ClF3N5/c1-14-8-15-3-6(10)7(17-8)18-4-5(2-16-18)9(11,12)13/h2-4H,1H3,(H,14,15,17). The van der Waals surface area contributed by atoms with E-state index in [0.29, 0.717) is 6.20 Å². The Hall–Kier alpha value is -1.83. The molecule has 9 heteroatoms. The van der Waals surface area contributed by atoms with Gasteiger partial charge < -0.3 is 5.32 Å². The molecular weight excluding hydrogens is 271 g/mol. The first kappa shape index (κ1) is 12.6. The van der Waals surface area contributed by atoms with Gasteiger partial charge in [-0.05, 0) is 0 Å². The number of aromatic nitrogens is 4. The van der Waals surface area contributed by atoms with Crippen LogP contribution in [0.2, 0.25) is 5.02 Å². The summed E-state index contributed by atoms with van der Waals surface area (Å²) in [5.41, 5.74) is -0.872. The predicted molar refractivity (Wildman–Crippen MR) is 58.7 cm³/mol. The van der Waals surface area contributed by atoms with Crippen LogP contribution in [-0.2, 0) is 6.18 Å². The lowest BCUT2D eigenvalue weighted by Crippen LogP contribution is -2.05. The van der Waals surface area contributed by atoms with Gasteiger partial charge in [-0.15, -0.1) is 0 Å². The molecule has 2 heterocycles. The minimum atomic E-state index is -4.45. The molecule has 2 aromatic rings. The molecule has 0 amide bonds. The van der Waals surface area contributed by atoms with E-state index in [1.165, 1.54) is 6.20 Å². The zero-order chi connectivity index (χ0) is 13.3. The van der Waals surface area contributed by atoms with Gasteiger partial charge in [-0.3, -0.25) is 0 Å². The van der Waals surface area contributed by atoms with Crippen molar-refractivity contribution in [2.75, 3.05) is 12.4 Å². The third-order valence-corrected chi connectivity index (χ3v) is 2.34. The highest BCUT2D eigenvalue weighted by molar-refractivity contribution is 6.32. The molecule has 0 saturated carbocycles. The molecule has 0 radical (unpaired) electrons. The second-order valence-electron chi connectivity index (χ2n) is 3.29. The van der Waals surface area contributed by atoms with Crippen molar-refractivity contribution < 1.29 is 13.2 Å². The lowest BCUT2D eigenvalue weighted by Gasteiger charge is -2.05. The minimum absolute atomic E-state index is 0.0755. The van der Waals surface area contributed by atoms with Crippen LogP contribution < -0.4 is 5.32 Å². The molecule has 18 heavy (non-hydrogen) atoms. The van der Waals surface area contributed by atoms with Crippen molar-refractivity contribution >= 4 is 17.5 Å². The molecule has 0 saturated heterocycles. The maximum absolute atomic E-state index is 12.4. The Morgan fingerprint density at radius 2 is 2.06 bits per heavy atom. The molecule has 0 aromatic carbocycles. The second-order valence-corrected chi connectivity index (χ2v) is 3.69. The summed E-state index contributed by atoms with van der Waals surface area (Å²) in [6.07, 6.45) is -1.65. The van der Waals surface area contributed by atoms with E-state index in [1.807, 2.05) is 0 Å². The monoisotopic (exact) mass is 277 g/mol. The number of nitrogens with zero attached hydrogens (tertiary/aromatic N) is 4. The fraction of sp³-hybridized carbons (Fsp3) is 0.222. The quantitative estimate of drug-likeness (QED) is 0.916. The van der Waals surface area contributed by atoms with Gasteiger partial charge in [-0.2, -0.15) is 23.3 Å². The fourth-order valence-corrected chi connectivity index (χ4v) is 1.40. The summed E-state index contributed by atoms with van der Waals surface area (Å²) in [6, 6.07) is 0. The van der Waals surface area contributed by atoms with E-state index in [-0.39, 0.29) is 16.8 Å². The van der Waals surface area contributed by atoms with Crippen molar-refractivity contribution in [3.05, 3.63) is 29.2 Å². The second kappa shape index (κ2) is 4.45. The van der Waals surface area contributed by atoms with Gasteiger partial charge in [0.2, 0.25) is 5.95 Å². The Balaban J connectivity index is 2.45. The number of hydrogen-bond donors (Lipinski definition) is 1. The van der Waals surface area contributed by atoms with Crippen LogP contribution in [-0.4, -0.2) is 26.8 Å². The SMILES string of the molecule is CNc1ncc(Cl)c(-n2cc(C(F)(F)F)cn2)n1.